The van der Waals surface area contributed by atoms with Crippen molar-refractivity contribution in [1.29, 1.82) is 0 Å². The number of rotatable bonds is 2. The zero-order chi connectivity index (χ0) is 22.2. The molecule has 4 fully saturated rings. The number of carbonyl (C=O) groups is 4. The number of anilines is 1. The van der Waals surface area contributed by atoms with E-state index in [2.05, 4.69) is 31.0 Å². The maximum absolute atomic E-state index is 15.1. The number of hydrogen-bond donors (Lipinski definition) is 1. The van der Waals surface area contributed by atoms with Gasteiger partial charge in [0.05, 0.1) is 16.8 Å². The molecular formula is C22H25FN4O4. The Kier molecular flexibility index (Phi) is 4.28. The Morgan fingerprint density at radius 2 is 1.61 bits per heavy atom. The number of piperidine rings is 2. The summed E-state index contributed by atoms with van der Waals surface area (Å²) in [5.74, 6) is -2.95. The molecule has 0 aromatic heterocycles. The highest BCUT2D eigenvalue weighted by molar-refractivity contribution is 6.23. The van der Waals surface area contributed by atoms with Crippen LogP contribution in [0.5, 0.6) is 0 Å². The molecule has 4 amide bonds. The Balaban J connectivity index is 1.43. The van der Waals surface area contributed by atoms with Gasteiger partial charge in [0.15, 0.2) is 0 Å². The number of imide groups is 2. The van der Waals surface area contributed by atoms with Crippen molar-refractivity contribution >= 4 is 29.3 Å². The molecule has 5 aliphatic heterocycles. The average Bonchev–Trinajstić information content (AvgIpc) is 2.92. The van der Waals surface area contributed by atoms with Crippen molar-refractivity contribution in [3.8, 4) is 0 Å². The zero-order valence-electron chi connectivity index (χ0n) is 17.8. The van der Waals surface area contributed by atoms with Gasteiger partial charge in [-0.05, 0) is 45.7 Å². The van der Waals surface area contributed by atoms with Crippen LogP contribution in [-0.4, -0.2) is 70.2 Å². The molecule has 164 valence electrons. The van der Waals surface area contributed by atoms with E-state index in [1.807, 2.05) is 4.90 Å². The fraction of sp³-hybridized carbons (Fsp3) is 0.545. The Bertz CT molecular complexity index is 1020. The molecule has 5 aliphatic rings. The molecule has 31 heavy (non-hydrogen) atoms. The van der Waals surface area contributed by atoms with Crippen LogP contribution in [0.15, 0.2) is 12.1 Å². The minimum absolute atomic E-state index is 0.0297. The molecule has 0 spiro atoms. The van der Waals surface area contributed by atoms with E-state index < -0.39 is 35.5 Å². The molecule has 1 aromatic rings. The standard InChI is InChI=1S/C22H25FN4O4/c1-22(2,3)25-9-11-6-12(10-25)26(11)17-8-14-13(7-15(17)23)20(30)27(21(14)31)16-4-5-18(28)24-19(16)29/h7-8,11-12,16H,4-6,9-10H2,1-3H3,(H,24,28,29)/t11?,12?,16-/m0/s1. The average molecular weight is 428 g/mol. The SMILES string of the molecule is CC(C)(C)N1CC2CC(C1)N2c1cc2c(cc1F)C(=O)N([C@H]1CCC(=O)NC1=O)C2=O. The largest absolute Gasteiger partial charge is 0.360 e. The van der Waals surface area contributed by atoms with E-state index in [1.54, 1.807) is 0 Å². The minimum atomic E-state index is -1.06. The fourth-order valence-electron chi connectivity index (χ4n) is 5.23. The van der Waals surface area contributed by atoms with E-state index in [-0.39, 0.29) is 41.6 Å². The lowest BCUT2D eigenvalue weighted by Gasteiger charge is -2.60. The second kappa shape index (κ2) is 6.59. The second-order valence-electron chi connectivity index (χ2n) is 9.82. The van der Waals surface area contributed by atoms with Crippen molar-refractivity contribution in [2.45, 2.75) is 63.7 Å². The summed E-state index contributed by atoms with van der Waals surface area (Å²) < 4.78 is 15.1. The Morgan fingerprint density at radius 3 is 2.19 bits per heavy atom. The molecule has 2 bridgehead atoms. The molecule has 3 atom stereocenters. The number of carbonyl (C=O) groups excluding carboxylic acids is 4. The van der Waals surface area contributed by atoms with E-state index >= 15 is 4.39 Å². The van der Waals surface area contributed by atoms with Gasteiger partial charge in [0.2, 0.25) is 11.8 Å². The van der Waals surface area contributed by atoms with Crippen LogP contribution >= 0.6 is 0 Å². The van der Waals surface area contributed by atoms with E-state index in [0.29, 0.717) is 5.69 Å². The Morgan fingerprint density at radius 1 is 1.00 bits per heavy atom. The lowest BCUT2D eigenvalue weighted by molar-refractivity contribution is -0.136. The van der Waals surface area contributed by atoms with Crippen molar-refractivity contribution < 1.29 is 23.6 Å². The van der Waals surface area contributed by atoms with E-state index in [9.17, 15) is 19.2 Å². The molecule has 1 N–H and O–H groups in total. The predicted molar refractivity (Wildman–Crippen MR) is 109 cm³/mol. The number of nitrogens with zero attached hydrogens (tertiary/aromatic N) is 3. The van der Waals surface area contributed by atoms with Gasteiger partial charge in [-0.3, -0.25) is 34.3 Å². The highest BCUT2D eigenvalue weighted by Gasteiger charge is 2.49. The molecule has 1 aromatic carbocycles. The van der Waals surface area contributed by atoms with Gasteiger partial charge in [-0.15, -0.1) is 0 Å². The van der Waals surface area contributed by atoms with Gasteiger partial charge in [-0.1, -0.05) is 0 Å². The number of hydrogen-bond acceptors (Lipinski definition) is 6. The second-order valence-corrected chi connectivity index (χ2v) is 9.82. The van der Waals surface area contributed by atoms with Crippen molar-refractivity contribution in [1.82, 2.24) is 15.1 Å². The molecule has 6 rings (SSSR count). The number of nitrogens with one attached hydrogen (secondary N) is 1. The van der Waals surface area contributed by atoms with Crippen molar-refractivity contribution in [2.24, 2.45) is 0 Å². The first-order chi connectivity index (χ1) is 14.6. The number of piperazine rings is 1. The molecule has 4 saturated heterocycles. The molecule has 5 heterocycles. The van der Waals surface area contributed by atoms with Gasteiger partial charge >= 0.3 is 0 Å². The van der Waals surface area contributed by atoms with Crippen LogP contribution in [0.3, 0.4) is 0 Å². The predicted octanol–water partition coefficient (Wildman–Crippen LogP) is 1.29. The lowest BCUT2D eigenvalue weighted by atomic mass is 9.84. The highest BCUT2D eigenvalue weighted by atomic mass is 19.1. The molecule has 0 radical (unpaired) electrons. The Hall–Kier alpha value is -2.81. The molecule has 0 saturated carbocycles. The summed E-state index contributed by atoms with van der Waals surface area (Å²) in [5, 5.41) is 2.17. The fourth-order valence-corrected chi connectivity index (χ4v) is 5.23. The summed E-state index contributed by atoms with van der Waals surface area (Å²) in [7, 11) is 0. The molecule has 9 heteroatoms. The number of halogens is 1. The van der Waals surface area contributed by atoms with Crippen molar-refractivity contribution in [3.63, 3.8) is 0 Å². The summed E-state index contributed by atoms with van der Waals surface area (Å²) in [4.78, 5) is 54.8. The maximum Gasteiger partial charge on any atom is 0.262 e. The van der Waals surface area contributed by atoms with E-state index in [0.717, 1.165) is 30.5 Å². The van der Waals surface area contributed by atoms with E-state index in [4.69, 9.17) is 0 Å². The third-order valence-corrected chi connectivity index (χ3v) is 6.93. The van der Waals surface area contributed by atoms with Crippen LogP contribution in [0, 0.1) is 5.82 Å². The monoisotopic (exact) mass is 428 g/mol. The smallest absolute Gasteiger partial charge is 0.262 e. The van der Waals surface area contributed by atoms with Crippen LogP contribution in [0.2, 0.25) is 0 Å². The first-order valence-corrected chi connectivity index (χ1v) is 10.6. The summed E-state index contributed by atoms with van der Waals surface area (Å²) in [6.45, 7) is 8.10. The van der Waals surface area contributed by atoms with Gasteiger partial charge in [0, 0.05) is 37.1 Å². The first kappa shape index (κ1) is 20.1. The van der Waals surface area contributed by atoms with Crippen molar-refractivity contribution in [3.05, 3.63) is 29.1 Å². The third kappa shape index (κ3) is 2.97. The number of benzene rings is 1. The summed E-state index contributed by atoms with van der Waals surface area (Å²) in [5.41, 5.74) is 0.450. The molecule has 8 nitrogen and oxygen atoms in total. The Labute approximate surface area is 179 Å². The number of amides is 4. The summed E-state index contributed by atoms with van der Waals surface area (Å²) in [6, 6.07) is 1.84. The number of fused-ring (bicyclic) bond motifs is 3. The van der Waals surface area contributed by atoms with Gasteiger partial charge in [0.1, 0.15) is 11.9 Å². The molecule has 2 unspecified atom stereocenters. The quantitative estimate of drug-likeness (QED) is 0.714. The van der Waals surface area contributed by atoms with Crippen LogP contribution in [-0.2, 0) is 9.59 Å². The van der Waals surface area contributed by atoms with E-state index in [1.165, 1.54) is 6.07 Å². The van der Waals surface area contributed by atoms with Gasteiger partial charge in [-0.2, -0.15) is 0 Å². The van der Waals surface area contributed by atoms with Gasteiger partial charge < -0.3 is 4.90 Å². The van der Waals surface area contributed by atoms with Crippen LogP contribution in [0.1, 0.15) is 60.7 Å². The van der Waals surface area contributed by atoms with Crippen LogP contribution < -0.4 is 10.2 Å². The summed E-state index contributed by atoms with van der Waals surface area (Å²) in [6.07, 6.45) is 1.09. The van der Waals surface area contributed by atoms with Crippen LogP contribution in [0.25, 0.3) is 0 Å². The summed E-state index contributed by atoms with van der Waals surface area (Å²) >= 11 is 0. The first-order valence-electron chi connectivity index (χ1n) is 10.6. The minimum Gasteiger partial charge on any atom is -0.360 e. The molecular weight excluding hydrogens is 403 g/mol. The van der Waals surface area contributed by atoms with Gasteiger partial charge in [0.25, 0.3) is 11.8 Å². The highest BCUT2D eigenvalue weighted by Crippen LogP contribution is 2.42. The normalized spacial score (nSPS) is 28.6. The third-order valence-electron chi connectivity index (χ3n) is 6.93. The van der Waals surface area contributed by atoms with Gasteiger partial charge in [-0.25, -0.2) is 4.39 Å². The molecule has 0 aliphatic carbocycles. The maximum atomic E-state index is 15.1. The van der Waals surface area contributed by atoms with Crippen molar-refractivity contribution in [2.75, 3.05) is 18.0 Å². The topological polar surface area (TPSA) is 90.0 Å². The zero-order valence-corrected chi connectivity index (χ0v) is 17.8. The van der Waals surface area contributed by atoms with Crippen LogP contribution in [0.4, 0.5) is 10.1 Å². The lowest BCUT2D eigenvalue weighted by Crippen LogP contribution is -2.71.